The number of carbonyl (C=O) groups excluding carboxylic acids is 1. The lowest BCUT2D eigenvalue weighted by Gasteiger charge is -2.28. The van der Waals surface area contributed by atoms with Gasteiger partial charge in [-0.2, -0.15) is 10.2 Å². The van der Waals surface area contributed by atoms with Crippen LogP contribution in [0.3, 0.4) is 0 Å². The van der Waals surface area contributed by atoms with Crippen molar-refractivity contribution in [3.05, 3.63) is 77.7 Å². The summed E-state index contributed by atoms with van der Waals surface area (Å²) in [7, 11) is 3.76. The number of aryl methyl sites for hydroxylation is 2. The summed E-state index contributed by atoms with van der Waals surface area (Å²) in [5, 5.41) is 22.2. The quantitative estimate of drug-likeness (QED) is 0.449. The molecule has 1 aromatic carbocycles. The predicted molar refractivity (Wildman–Crippen MR) is 134 cm³/mol. The summed E-state index contributed by atoms with van der Waals surface area (Å²) in [5.41, 5.74) is 5.80. The van der Waals surface area contributed by atoms with Crippen molar-refractivity contribution in [3.63, 3.8) is 0 Å². The molecular weight excluding hydrogens is 440 g/mol. The van der Waals surface area contributed by atoms with Gasteiger partial charge in [0.15, 0.2) is 0 Å². The number of aliphatic hydroxyl groups excluding tert-OH is 1. The zero-order valence-electron chi connectivity index (χ0n) is 20.1. The van der Waals surface area contributed by atoms with Crippen LogP contribution in [0.25, 0.3) is 22.6 Å². The molecule has 1 amide bonds. The molecule has 35 heavy (non-hydrogen) atoms. The van der Waals surface area contributed by atoms with Crippen molar-refractivity contribution in [2.45, 2.75) is 44.2 Å². The molecule has 1 aliphatic rings. The van der Waals surface area contributed by atoms with Crippen LogP contribution in [0.5, 0.6) is 0 Å². The van der Waals surface area contributed by atoms with E-state index in [1.54, 1.807) is 9.36 Å². The Kier molecular flexibility index (Phi) is 6.46. The Morgan fingerprint density at radius 1 is 0.914 bits per heavy atom. The average molecular weight is 471 g/mol. The SMILES string of the molecule is Cn1ccc(-c2ccc(Cc3cc(C(=O)N[C@H]4CCCC[C@@H]4O)nc(-c4ccn(C)n4)c3)cc2)n1. The summed E-state index contributed by atoms with van der Waals surface area (Å²) < 4.78 is 3.51. The highest BCUT2D eigenvalue weighted by Crippen LogP contribution is 2.23. The van der Waals surface area contributed by atoms with Gasteiger partial charge < -0.3 is 10.4 Å². The maximum Gasteiger partial charge on any atom is 0.270 e. The minimum atomic E-state index is -0.510. The smallest absolute Gasteiger partial charge is 0.270 e. The Hall–Kier alpha value is -3.78. The van der Waals surface area contributed by atoms with Gasteiger partial charge in [0.05, 0.1) is 23.5 Å². The standard InChI is InChI=1S/C27H30N6O2/c1-32-13-11-21(30-32)20-9-7-18(8-10-20)15-19-16-24(22-12-14-33(2)31-22)28-25(17-19)27(35)29-23-5-3-4-6-26(23)34/h7-14,16-17,23,26,34H,3-6,15H2,1-2H3,(H,29,35)/t23-,26-/m0/s1. The van der Waals surface area contributed by atoms with Gasteiger partial charge in [-0.15, -0.1) is 0 Å². The Bertz CT molecular complexity index is 1320. The number of carbonyl (C=O) groups is 1. The summed E-state index contributed by atoms with van der Waals surface area (Å²) in [6.45, 7) is 0. The topological polar surface area (TPSA) is 97.9 Å². The van der Waals surface area contributed by atoms with Crippen LogP contribution in [0.1, 0.15) is 47.3 Å². The van der Waals surface area contributed by atoms with Crippen molar-refractivity contribution in [1.29, 1.82) is 0 Å². The molecule has 0 radical (unpaired) electrons. The van der Waals surface area contributed by atoms with E-state index in [4.69, 9.17) is 0 Å². The van der Waals surface area contributed by atoms with Gasteiger partial charge in [0.25, 0.3) is 5.91 Å². The Morgan fingerprint density at radius 3 is 2.26 bits per heavy atom. The van der Waals surface area contributed by atoms with Crippen LogP contribution in [0.4, 0.5) is 0 Å². The molecular formula is C27H30N6O2. The van der Waals surface area contributed by atoms with Gasteiger partial charge in [-0.1, -0.05) is 37.1 Å². The molecule has 4 aromatic rings. The molecule has 2 atom stereocenters. The van der Waals surface area contributed by atoms with Gasteiger partial charge in [-0.25, -0.2) is 4.98 Å². The summed E-state index contributed by atoms with van der Waals surface area (Å²) in [6, 6.07) is 15.8. The van der Waals surface area contributed by atoms with E-state index in [2.05, 4.69) is 44.8 Å². The van der Waals surface area contributed by atoms with Gasteiger partial charge >= 0.3 is 0 Å². The summed E-state index contributed by atoms with van der Waals surface area (Å²) in [5.74, 6) is -0.263. The first-order chi connectivity index (χ1) is 16.9. The zero-order valence-corrected chi connectivity index (χ0v) is 20.1. The molecule has 0 spiro atoms. The number of rotatable bonds is 6. The average Bonchev–Trinajstić information content (AvgIpc) is 3.49. The maximum absolute atomic E-state index is 13.1. The molecule has 3 heterocycles. The van der Waals surface area contributed by atoms with E-state index >= 15 is 0 Å². The zero-order chi connectivity index (χ0) is 24.4. The van der Waals surface area contributed by atoms with Gasteiger partial charge in [0.1, 0.15) is 11.4 Å². The third-order valence-corrected chi connectivity index (χ3v) is 6.51. The fraction of sp³-hybridized carbons (Fsp3) is 0.333. The molecule has 0 aliphatic heterocycles. The molecule has 1 saturated carbocycles. The second-order valence-corrected chi connectivity index (χ2v) is 9.30. The van der Waals surface area contributed by atoms with Crippen LogP contribution in [0, 0.1) is 0 Å². The second kappa shape index (κ2) is 9.84. The molecule has 180 valence electrons. The molecule has 5 rings (SSSR count). The number of aromatic nitrogens is 5. The van der Waals surface area contributed by atoms with Crippen molar-refractivity contribution in [2.75, 3.05) is 0 Å². The normalized spacial score (nSPS) is 17.9. The minimum Gasteiger partial charge on any atom is -0.391 e. The van der Waals surface area contributed by atoms with Crippen LogP contribution in [0.15, 0.2) is 60.9 Å². The first kappa shape index (κ1) is 23.0. The van der Waals surface area contributed by atoms with Crippen molar-refractivity contribution in [1.82, 2.24) is 29.9 Å². The van der Waals surface area contributed by atoms with Crippen molar-refractivity contribution >= 4 is 5.91 Å². The van der Waals surface area contributed by atoms with Crippen LogP contribution in [0.2, 0.25) is 0 Å². The Morgan fingerprint density at radius 2 is 1.60 bits per heavy atom. The molecule has 3 aromatic heterocycles. The maximum atomic E-state index is 13.1. The van der Waals surface area contributed by atoms with Gasteiger partial charge in [0, 0.05) is 32.1 Å². The first-order valence-electron chi connectivity index (χ1n) is 12.0. The number of hydrogen-bond acceptors (Lipinski definition) is 5. The highest BCUT2D eigenvalue weighted by Gasteiger charge is 2.25. The van der Waals surface area contributed by atoms with Crippen LogP contribution in [-0.2, 0) is 20.5 Å². The number of nitrogens with one attached hydrogen (secondary N) is 1. The number of amides is 1. The van der Waals surface area contributed by atoms with Crippen LogP contribution < -0.4 is 5.32 Å². The molecule has 1 fully saturated rings. The van der Waals surface area contributed by atoms with E-state index in [1.165, 1.54) is 0 Å². The fourth-order valence-corrected chi connectivity index (χ4v) is 4.61. The number of aliphatic hydroxyl groups is 1. The largest absolute Gasteiger partial charge is 0.391 e. The molecule has 0 unspecified atom stereocenters. The Balaban J connectivity index is 1.41. The minimum absolute atomic E-state index is 0.237. The van der Waals surface area contributed by atoms with Crippen molar-refractivity contribution < 1.29 is 9.90 Å². The van der Waals surface area contributed by atoms with E-state index in [0.717, 1.165) is 41.6 Å². The lowest BCUT2D eigenvalue weighted by Crippen LogP contribution is -2.45. The van der Waals surface area contributed by atoms with Crippen molar-refractivity contribution in [3.8, 4) is 22.6 Å². The molecule has 1 aliphatic carbocycles. The third kappa shape index (κ3) is 5.33. The van der Waals surface area contributed by atoms with E-state index in [9.17, 15) is 9.90 Å². The van der Waals surface area contributed by atoms with Gasteiger partial charge in [-0.3, -0.25) is 14.2 Å². The molecule has 0 saturated heterocycles. The molecule has 0 bridgehead atoms. The molecule has 8 nitrogen and oxygen atoms in total. The van der Waals surface area contributed by atoms with E-state index in [0.29, 0.717) is 29.9 Å². The fourth-order valence-electron chi connectivity index (χ4n) is 4.61. The highest BCUT2D eigenvalue weighted by molar-refractivity contribution is 5.93. The van der Waals surface area contributed by atoms with E-state index in [-0.39, 0.29) is 11.9 Å². The Labute approximate surface area is 204 Å². The third-order valence-electron chi connectivity index (χ3n) is 6.51. The van der Waals surface area contributed by atoms with Gasteiger partial charge in [0.2, 0.25) is 0 Å². The lowest BCUT2D eigenvalue weighted by atomic mass is 9.92. The second-order valence-electron chi connectivity index (χ2n) is 9.30. The summed E-state index contributed by atoms with van der Waals surface area (Å²) in [4.78, 5) is 17.8. The predicted octanol–water partition coefficient (Wildman–Crippen LogP) is 3.51. The van der Waals surface area contributed by atoms with E-state index in [1.807, 2.05) is 50.8 Å². The molecule has 2 N–H and O–H groups in total. The van der Waals surface area contributed by atoms with Crippen LogP contribution >= 0.6 is 0 Å². The monoisotopic (exact) mass is 470 g/mol. The van der Waals surface area contributed by atoms with Crippen LogP contribution in [-0.4, -0.2) is 47.7 Å². The lowest BCUT2D eigenvalue weighted by molar-refractivity contribution is 0.0714. The number of hydrogen-bond donors (Lipinski definition) is 2. The highest BCUT2D eigenvalue weighted by atomic mass is 16.3. The van der Waals surface area contributed by atoms with E-state index < -0.39 is 6.10 Å². The summed E-state index contributed by atoms with van der Waals surface area (Å²) >= 11 is 0. The summed E-state index contributed by atoms with van der Waals surface area (Å²) in [6.07, 6.45) is 7.42. The number of benzene rings is 1. The number of nitrogens with zero attached hydrogens (tertiary/aromatic N) is 5. The van der Waals surface area contributed by atoms with Gasteiger partial charge in [-0.05, 0) is 54.7 Å². The first-order valence-corrected chi connectivity index (χ1v) is 12.0. The van der Waals surface area contributed by atoms with Crippen molar-refractivity contribution in [2.24, 2.45) is 14.1 Å². The molecule has 8 heteroatoms. The number of pyridine rings is 1.